The molecule has 0 unspecified atom stereocenters. The second-order valence-electron chi connectivity index (χ2n) is 10.00. The molecule has 8 nitrogen and oxygen atoms in total. The summed E-state index contributed by atoms with van der Waals surface area (Å²) in [4.78, 5) is 43.4. The van der Waals surface area contributed by atoms with Gasteiger partial charge in [-0.1, -0.05) is 17.7 Å². The smallest absolute Gasteiger partial charge is 0.256 e. The fourth-order valence-corrected chi connectivity index (χ4v) is 5.46. The van der Waals surface area contributed by atoms with E-state index in [2.05, 4.69) is 5.32 Å². The van der Waals surface area contributed by atoms with Crippen LogP contribution in [0.1, 0.15) is 52.0 Å². The molecule has 3 heterocycles. The zero-order chi connectivity index (χ0) is 26.0. The fourth-order valence-electron chi connectivity index (χ4n) is 5.46. The molecule has 1 N–H and O–H groups in total. The molecule has 0 aliphatic carbocycles. The number of piperidine rings is 1. The Morgan fingerprint density at radius 1 is 1.05 bits per heavy atom. The van der Waals surface area contributed by atoms with Gasteiger partial charge in [-0.05, 0) is 56.2 Å². The molecule has 196 valence electrons. The second-order valence-corrected chi connectivity index (χ2v) is 10.00. The molecule has 0 aromatic heterocycles. The summed E-state index contributed by atoms with van der Waals surface area (Å²) < 4.78 is 25.2. The zero-order valence-electron chi connectivity index (χ0n) is 21.0. The van der Waals surface area contributed by atoms with Gasteiger partial charge >= 0.3 is 0 Å². The number of carbonyl (C=O) groups is 3. The van der Waals surface area contributed by atoms with E-state index >= 15 is 0 Å². The molecule has 9 heteroatoms. The molecule has 0 radical (unpaired) electrons. The lowest BCUT2D eigenvalue weighted by Crippen LogP contribution is -2.60. The Hall–Kier alpha value is -3.30. The first-order valence-corrected chi connectivity index (χ1v) is 12.8. The number of rotatable bonds is 5. The van der Waals surface area contributed by atoms with Crippen LogP contribution in [0.25, 0.3) is 0 Å². The normalized spacial score (nSPS) is 22.9. The van der Waals surface area contributed by atoms with Gasteiger partial charge in [0.1, 0.15) is 17.6 Å². The van der Waals surface area contributed by atoms with Gasteiger partial charge in [-0.25, -0.2) is 4.39 Å². The molecule has 37 heavy (non-hydrogen) atoms. The number of hydrogen-bond acceptors (Lipinski definition) is 5. The van der Waals surface area contributed by atoms with Gasteiger partial charge in [0.2, 0.25) is 5.91 Å². The maximum atomic E-state index is 13.8. The van der Waals surface area contributed by atoms with E-state index in [4.69, 9.17) is 9.47 Å². The fraction of sp³-hybridized carbons (Fsp3) is 0.464. The largest absolute Gasteiger partial charge is 0.376 e. The van der Waals surface area contributed by atoms with E-state index in [9.17, 15) is 18.8 Å². The van der Waals surface area contributed by atoms with Crippen molar-refractivity contribution >= 4 is 17.7 Å². The number of likely N-dealkylation sites (tertiary alicyclic amines) is 1. The zero-order valence-corrected chi connectivity index (χ0v) is 21.0. The Bertz CT molecular complexity index is 1160. The number of carbonyl (C=O) groups excluding carboxylic acids is 3. The Morgan fingerprint density at radius 2 is 1.81 bits per heavy atom. The molecule has 3 aliphatic heterocycles. The van der Waals surface area contributed by atoms with Crippen molar-refractivity contribution in [2.75, 3.05) is 32.8 Å². The van der Waals surface area contributed by atoms with Crippen LogP contribution in [0.3, 0.4) is 0 Å². The minimum Gasteiger partial charge on any atom is -0.376 e. The summed E-state index contributed by atoms with van der Waals surface area (Å²) in [6.45, 7) is 3.78. The summed E-state index contributed by atoms with van der Waals surface area (Å²) in [5.41, 5.74) is 0.848. The van der Waals surface area contributed by atoms with Crippen molar-refractivity contribution < 1.29 is 28.2 Å². The summed E-state index contributed by atoms with van der Waals surface area (Å²) in [7, 11) is 0. The highest BCUT2D eigenvalue weighted by Crippen LogP contribution is 2.39. The maximum Gasteiger partial charge on any atom is 0.256 e. The molecule has 1 spiro atoms. The van der Waals surface area contributed by atoms with Crippen LogP contribution in [0.2, 0.25) is 0 Å². The predicted molar refractivity (Wildman–Crippen MR) is 133 cm³/mol. The minimum absolute atomic E-state index is 0.0122. The molecule has 2 atom stereocenters. The molecular weight excluding hydrogens is 477 g/mol. The molecule has 3 amide bonds. The number of ether oxygens (including phenoxy) is 2. The standard InChI is InChI=1S/C28H32FN3O5/c1-19-4-2-5-21(16-19)27(35)32-24(25(33)30-17-23-6-3-15-36-23)18-37-28(32)11-13-31(14-12-28)26(34)20-7-9-22(29)10-8-20/h2,4-5,7-10,16,23-24H,3,6,11-15,17-18H2,1H3,(H,30,33)/t23-,24+/m1/s1. The number of benzene rings is 2. The lowest BCUT2D eigenvalue weighted by molar-refractivity contribution is -0.128. The molecular formula is C28H32FN3O5. The summed E-state index contributed by atoms with van der Waals surface area (Å²) in [6.07, 6.45) is 2.60. The van der Waals surface area contributed by atoms with Crippen molar-refractivity contribution in [2.24, 2.45) is 0 Å². The molecule has 0 saturated carbocycles. The maximum absolute atomic E-state index is 13.8. The van der Waals surface area contributed by atoms with Crippen molar-refractivity contribution in [2.45, 2.75) is 50.5 Å². The van der Waals surface area contributed by atoms with E-state index in [0.717, 1.165) is 18.4 Å². The van der Waals surface area contributed by atoms with E-state index in [1.54, 1.807) is 15.9 Å². The van der Waals surface area contributed by atoms with Crippen LogP contribution in [0, 0.1) is 12.7 Å². The number of hydrogen-bond donors (Lipinski definition) is 1. The summed E-state index contributed by atoms with van der Waals surface area (Å²) >= 11 is 0. The van der Waals surface area contributed by atoms with Gasteiger partial charge in [-0.2, -0.15) is 0 Å². The van der Waals surface area contributed by atoms with Crippen molar-refractivity contribution in [3.8, 4) is 0 Å². The highest BCUT2D eigenvalue weighted by molar-refractivity contribution is 5.99. The van der Waals surface area contributed by atoms with Gasteiger partial charge in [0.25, 0.3) is 11.8 Å². The van der Waals surface area contributed by atoms with Crippen LogP contribution in [0.4, 0.5) is 4.39 Å². The Morgan fingerprint density at radius 3 is 2.49 bits per heavy atom. The number of amides is 3. The summed E-state index contributed by atoms with van der Waals surface area (Å²) in [5, 5.41) is 2.96. The molecule has 2 aromatic carbocycles. The average molecular weight is 510 g/mol. The molecule has 0 bridgehead atoms. The Kier molecular flexibility index (Phi) is 7.26. The number of nitrogens with one attached hydrogen (secondary N) is 1. The first-order valence-electron chi connectivity index (χ1n) is 12.8. The summed E-state index contributed by atoms with van der Waals surface area (Å²) in [5.74, 6) is -1.13. The van der Waals surface area contributed by atoms with Crippen LogP contribution in [0.5, 0.6) is 0 Å². The predicted octanol–water partition coefficient (Wildman–Crippen LogP) is 2.90. The van der Waals surface area contributed by atoms with E-state index < -0.39 is 17.6 Å². The third-order valence-corrected chi connectivity index (χ3v) is 7.50. The lowest BCUT2D eigenvalue weighted by Gasteiger charge is -2.44. The van der Waals surface area contributed by atoms with Crippen molar-refractivity contribution in [3.63, 3.8) is 0 Å². The average Bonchev–Trinajstić information content (AvgIpc) is 3.56. The lowest BCUT2D eigenvalue weighted by atomic mass is 9.95. The van der Waals surface area contributed by atoms with E-state index in [1.165, 1.54) is 24.3 Å². The minimum atomic E-state index is -0.994. The van der Waals surface area contributed by atoms with Gasteiger partial charge in [0.05, 0.1) is 12.7 Å². The molecule has 5 rings (SSSR count). The quantitative estimate of drug-likeness (QED) is 0.670. The van der Waals surface area contributed by atoms with Gasteiger partial charge in [-0.3, -0.25) is 19.3 Å². The van der Waals surface area contributed by atoms with Crippen LogP contribution < -0.4 is 5.32 Å². The highest BCUT2D eigenvalue weighted by Gasteiger charge is 2.54. The van der Waals surface area contributed by atoms with Crippen LogP contribution >= 0.6 is 0 Å². The Balaban J connectivity index is 1.34. The van der Waals surface area contributed by atoms with E-state index in [0.29, 0.717) is 50.2 Å². The highest BCUT2D eigenvalue weighted by atomic mass is 19.1. The number of halogens is 1. The van der Waals surface area contributed by atoms with Gasteiger partial charge in [0, 0.05) is 50.2 Å². The van der Waals surface area contributed by atoms with Gasteiger partial charge in [-0.15, -0.1) is 0 Å². The van der Waals surface area contributed by atoms with Crippen molar-refractivity contribution in [1.82, 2.24) is 15.1 Å². The van der Waals surface area contributed by atoms with Crippen molar-refractivity contribution in [3.05, 3.63) is 71.0 Å². The first-order chi connectivity index (χ1) is 17.9. The number of nitrogens with zero attached hydrogens (tertiary/aromatic N) is 2. The van der Waals surface area contributed by atoms with Crippen LogP contribution in [0.15, 0.2) is 48.5 Å². The second kappa shape index (κ2) is 10.6. The van der Waals surface area contributed by atoms with E-state index in [1.807, 2.05) is 25.1 Å². The van der Waals surface area contributed by atoms with E-state index in [-0.39, 0.29) is 30.4 Å². The first kappa shape index (κ1) is 25.4. The summed E-state index contributed by atoms with van der Waals surface area (Å²) in [6, 6.07) is 12.0. The van der Waals surface area contributed by atoms with Gasteiger partial charge in [0.15, 0.2) is 0 Å². The molecule has 3 aliphatic rings. The number of aryl methyl sites for hydroxylation is 1. The molecule has 3 saturated heterocycles. The van der Waals surface area contributed by atoms with Crippen molar-refractivity contribution in [1.29, 1.82) is 0 Å². The Labute approximate surface area is 215 Å². The third kappa shape index (κ3) is 5.24. The van der Waals surface area contributed by atoms with Crippen LogP contribution in [-0.2, 0) is 14.3 Å². The molecule has 3 fully saturated rings. The monoisotopic (exact) mass is 509 g/mol. The van der Waals surface area contributed by atoms with Crippen LogP contribution in [-0.4, -0.2) is 78.2 Å². The SMILES string of the molecule is Cc1cccc(C(=O)N2[C@H](C(=O)NC[C@H]3CCCO3)COC23CCN(C(=O)c2ccc(F)cc2)CC3)c1. The van der Waals surface area contributed by atoms with Gasteiger partial charge < -0.3 is 19.7 Å². The topological polar surface area (TPSA) is 88.2 Å². The third-order valence-electron chi connectivity index (χ3n) is 7.50. The molecule has 2 aromatic rings.